The van der Waals surface area contributed by atoms with E-state index >= 15 is 0 Å². The topological polar surface area (TPSA) is 69.6 Å². The van der Waals surface area contributed by atoms with E-state index in [1.165, 1.54) is 4.90 Å². The molecule has 19 heavy (non-hydrogen) atoms. The summed E-state index contributed by atoms with van der Waals surface area (Å²) in [6.45, 7) is 1.18. The quantitative estimate of drug-likeness (QED) is 0.735. The first kappa shape index (κ1) is 16.1. The lowest BCUT2D eigenvalue weighted by Crippen LogP contribution is -2.49. The third-order valence-electron chi connectivity index (χ3n) is 3.35. The fraction of sp³-hybridized carbons (Fsp3) is 0.846. The number of carboxylic acids is 1. The molecule has 1 aliphatic rings. The summed E-state index contributed by atoms with van der Waals surface area (Å²) in [6.07, 6.45) is 7.42. The molecule has 0 aromatic rings. The SMILES string of the molecule is CSCCCCNC(=O)N1CCCCCC1C(=O)O. The van der Waals surface area contributed by atoms with Gasteiger partial charge in [-0.05, 0) is 37.7 Å². The highest BCUT2D eigenvalue weighted by atomic mass is 32.2. The van der Waals surface area contributed by atoms with E-state index in [0.717, 1.165) is 37.9 Å². The highest BCUT2D eigenvalue weighted by Crippen LogP contribution is 2.17. The number of urea groups is 1. The van der Waals surface area contributed by atoms with Crippen LogP contribution in [-0.2, 0) is 4.79 Å². The third kappa shape index (κ3) is 5.72. The van der Waals surface area contributed by atoms with Crippen LogP contribution in [0, 0.1) is 0 Å². The van der Waals surface area contributed by atoms with Crippen LogP contribution >= 0.6 is 11.8 Å². The Morgan fingerprint density at radius 1 is 1.32 bits per heavy atom. The second-order valence-electron chi connectivity index (χ2n) is 4.83. The van der Waals surface area contributed by atoms with Gasteiger partial charge >= 0.3 is 12.0 Å². The first-order valence-corrected chi connectivity index (χ1v) is 8.32. The smallest absolute Gasteiger partial charge is 0.326 e. The van der Waals surface area contributed by atoms with Gasteiger partial charge in [0.05, 0.1) is 0 Å². The molecule has 0 aromatic carbocycles. The van der Waals surface area contributed by atoms with E-state index in [0.29, 0.717) is 19.5 Å². The number of carboxylic acid groups (broad SMARTS) is 1. The summed E-state index contributed by atoms with van der Waals surface area (Å²) in [5, 5.41) is 12.0. The summed E-state index contributed by atoms with van der Waals surface area (Å²) in [5.41, 5.74) is 0. The van der Waals surface area contributed by atoms with Crippen LogP contribution in [0.1, 0.15) is 38.5 Å². The van der Waals surface area contributed by atoms with Gasteiger partial charge < -0.3 is 15.3 Å². The summed E-state index contributed by atoms with van der Waals surface area (Å²) in [4.78, 5) is 24.7. The second kappa shape index (κ2) is 9.07. The Kier molecular flexibility index (Phi) is 7.70. The molecule has 1 fully saturated rings. The van der Waals surface area contributed by atoms with Crippen LogP contribution in [0.5, 0.6) is 0 Å². The average Bonchev–Trinajstić information content (AvgIpc) is 2.63. The largest absolute Gasteiger partial charge is 0.480 e. The van der Waals surface area contributed by atoms with E-state index in [2.05, 4.69) is 11.6 Å². The Labute approximate surface area is 119 Å². The van der Waals surface area contributed by atoms with Gasteiger partial charge in [0.1, 0.15) is 6.04 Å². The fourth-order valence-electron chi connectivity index (χ4n) is 2.28. The monoisotopic (exact) mass is 288 g/mol. The highest BCUT2D eigenvalue weighted by molar-refractivity contribution is 7.98. The van der Waals surface area contributed by atoms with Gasteiger partial charge in [-0.1, -0.05) is 12.8 Å². The number of hydrogen-bond acceptors (Lipinski definition) is 3. The van der Waals surface area contributed by atoms with Crippen molar-refractivity contribution in [1.82, 2.24) is 10.2 Å². The molecule has 6 heteroatoms. The molecule has 0 aliphatic carbocycles. The van der Waals surface area contributed by atoms with E-state index in [1.807, 2.05) is 0 Å². The summed E-state index contributed by atoms with van der Waals surface area (Å²) >= 11 is 1.79. The molecule has 1 unspecified atom stereocenters. The number of rotatable bonds is 6. The van der Waals surface area contributed by atoms with Crippen molar-refractivity contribution in [1.29, 1.82) is 0 Å². The van der Waals surface area contributed by atoms with Crippen molar-refractivity contribution in [2.45, 2.75) is 44.6 Å². The minimum atomic E-state index is -0.889. The van der Waals surface area contributed by atoms with Gasteiger partial charge in [-0.15, -0.1) is 0 Å². The summed E-state index contributed by atoms with van der Waals surface area (Å²) in [7, 11) is 0. The number of likely N-dealkylation sites (tertiary alicyclic amines) is 1. The van der Waals surface area contributed by atoms with Crippen molar-refractivity contribution in [3.63, 3.8) is 0 Å². The van der Waals surface area contributed by atoms with Gasteiger partial charge in [0.2, 0.25) is 0 Å². The minimum absolute atomic E-state index is 0.224. The lowest BCUT2D eigenvalue weighted by atomic mass is 10.1. The van der Waals surface area contributed by atoms with E-state index in [-0.39, 0.29) is 6.03 Å². The van der Waals surface area contributed by atoms with Crippen LogP contribution in [0.25, 0.3) is 0 Å². The second-order valence-corrected chi connectivity index (χ2v) is 5.81. The molecule has 1 rings (SSSR count). The predicted octanol–water partition coefficient (Wildman–Crippen LogP) is 2.17. The summed E-state index contributed by atoms with van der Waals surface area (Å²) < 4.78 is 0. The molecule has 5 nitrogen and oxygen atoms in total. The number of nitrogens with zero attached hydrogens (tertiary/aromatic N) is 1. The molecule has 1 heterocycles. The Balaban J connectivity index is 2.40. The fourth-order valence-corrected chi connectivity index (χ4v) is 2.77. The molecular formula is C13H24N2O3S. The normalized spacial score (nSPS) is 19.8. The third-order valence-corrected chi connectivity index (χ3v) is 4.05. The first-order valence-electron chi connectivity index (χ1n) is 6.93. The van der Waals surface area contributed by atoms with Gasteiger partial charge in [0.15, 0.2) is 0 Å². The van der Waals surface area contributed by atoms with Crippen LogP contribution in [-0.4, -0.2) is 53.1 Å². The zero-order valence-electron chi connectivity index (χ0n) is 11.6. The van der Waals surface area contributed by atoms with Crippen molar-refractivity contribution >= 4 is 23.8 Å². The van der Waals surface area contributed by atoms with Crippen LogP contribution in [0.2, 0.25) is 0 Å². The number of carbonyl (C=O) groups excluding carboxylic acids is 1. The number of carbonyl (C=O) groups is 2. The molecule has 0 saturated carbocycles. The Bertz CT molecular complexity index is 300. The van der Waals surface area contributed by atoms with E-state index in [9.17, 15) is 14.7 Å². The van der Waals surface area contributed by atoms with Crippen molar-refractivity contribution in [2.24, 2.45) is 0 Å². The van der Waals surface area contributed by atoms with E-state index in [1.54, 1.807) is 11.8 Å². The van der Waals surface area contributed by atoms with E-state index in [4.69, 9.17) is 0 Å². The van der Waals surface area contributed by atoms with E-state index < -0.39 is 12.0 Å². The molecule has 2 amide bonds. The molecule has 1 aliphatic heterocycles. The molecule has 1 atom stereocenters. The maximum atomic E-state index is 12.0. The molecule has 0 aromatic heterocycles. The van der Waals surface area contributed by atoms with Crippen molar-refractivity contribution in [2.75, 3.05) is 25.1 Å². The minimum Gasteiger partial charge on any atom is -0.480 e. The molecule has 110 valence electrons. The molecule has 0 bridgehead atoms. The maximum Gasteiger partial charge on any atom is 0.326 e. The van der Waals surface area contributed by atoms with Crippen LogP contribution in [0.4, 0.5) is 4.79 Å². The van der Waals surface area contributed by atoms with Gasteiger partial charge in [0.25, 0.3) is 0 Å². The zero-order chi connectivity index (χ0) is 14.1. The predicted molar refractivity (Wildman–Crippen MR) is 77.6 cm³/mol. The van der Waals surface area contributed by atoms with Crippen LogP contribution < -0.4 is 5.32 Å². The van der Waals surface area contributed by atoms with Gasteiger partial charge in [-0.2, -0.15) is 11.8 Å². The number of thioether (sulfide) groups is 1. The lowest BCUT2D eigenvalue weighted by Gasteiger charge is -2.27. The molecule has 0 radical (unpaired) electrons. The van der Waals surface area contributed by atoms with Gasteiger partial charge in [0, 0.05) is 13.1 Å². The molecular weight excluding hydrogens is 264 g/mol. The summed E-state index contributed by atoms with van der Waals surface area (Å²) in [5.74, 6) is 0.205. The molecule has 0 spiro atoms. The number of nitrogens with one attached hydrogen (secondary N) is 1. The van der Waals surface area contributed by atoms with Crippen LogP contribution in [0.15, 0.2) is 0 Å². The average molecular weight is 288 g/mol. The number of unbranched alkanes of at least 4 members (excludes halogenated alkanes) is 1. The van der Waals surface area contributed by atoms with Crippen molar-refractivity contribution in [3.8, 4) is 0 Å². The Morgan fingerprint density at radius 3 is 2.79 bits per heavy atom. The summed E-state index contributed by atoms with van der Waals surface area (Å²) in [6, 6.07) is -0.882. The standard InChI is InChI=1S/C13H24N2O3S/c1-19-10-6-4-8-14-13(18)15-9-5-2-3-7-11(15)12(16)17/h11H,2-10H2,1H3,(H,14,18)(H,16,17). The zero-order valence-corrected chi connectivity index (χ0v) is 12.4. The lowest BCUT2D eigenvalue weighted by molar-refractivity contribution is -0.142. The van der Waals surface area contributed by atoms with Gasteiger partial charge in [-0.25, -0.2) is 9.59 Å². The molecule has 1 saturated heterocycles. The van der Waals surface area contributed by atoms with Crippen LogP contribution in [0.3, 0.4) is 0 Å². The highest BCUT2D eigenvalue weighted by Gasteiger charge is 2.30. The Hall–Kier alpha value is -0.910. The first-order chi connectivity index (χ1) is 9.16. The molecule has 2 N–H and O–H groups in total. The maximum absolute atomic E-state index is 12.0. The number of hydrogen-bond donors (Lipinski definition) is 2. The number of amides is 2. The Morgan fingerprint density at radius 2 is 2.11 bits per heavy atom. The number of aliphatic carboxylic acids is 1. The van der Waals surface area contributed by atoms with Crippen molar-refractivity contribution < 1.29 is 14.7 Å². The van der Waals surface area contributed by atoms with Crippen molar-refractivity contribution in [3.05, 3.63) is 0 Å². The van der Waals surface area contributed by atoms with Gasteiger partial charge in [-0.3, -0.25) is 0 Å².